The van der Waals surface area contributed by atoms with E-state index >= 15 is 0 Å². The monoisotopic (exact) mass is 609 g/mol. The Morgan fingerprint density at radius 1 is 1.17 bits per heavy atom. The number of nitrogens with one attached hydrogen (secondary N) is 3. The number of anilines is 3. The summed E-state index contributed by atoms with van der Waals surface area (Å²) in [6, 6.07) is 9.02. The lowest BCUT2D eigenvalue weighted by molar-refractivity contribution is -0.119. The highest BCUT2D eigenvalue weighted by Crippen LogP contribution is 2.42. The second kappa shape index (κ2) is 10.4. The van der Waals surface area contributed by atoms with Crippen molar-refractivity contribution in [3.63, 3.8) is 0 Å². The van der Waals surface area contributed by atoms with Crippen LogP contribution in [0.3, 0.4) is 0 Å². The molecule has 0 spiro atoms. The molecule has 2 aliphatic heterocycles. The van der Waals surface area contributed by atoms with Gasteiger partial charge in [0.2, 0.25) is 15.9 Å². The van der Waals surface area contributed by atoms with Gasteiger partial charge >= 0.3 is 0 Å². The lowest BCUT2D eigenvalue weighted by atomic mass is 10.0. The highest BCUT2D eigenvalue weighted by Gasteiger charge is 2.41. The fraction of sp³-hybridized carbons (Fsp3) is 0.448. The standard InChI is InChI=1S/C29H35N7O4S2/c1-16-26(41-28(32-16)34-22-7-6-8-23(33-22)36-15-29(3,4)31-13-24(36)37)19-11-20-14-35(17(2)18-9-10-18)27(38)25(20)21(12-19)42(39,40)30-5/h6-8,11-12,17-18,30-31H,9-10,13-15H2,1-5H3,(H,32,33,34)/t17-/m0/s1. The molecule has 2 aromatic heterocycles. The molecular weight excluding hydrogens is 574 g/mol. The van der Waals surface area contributed by atoms with Gasteiger partial charge in [0.05, 0.1) is 27.6 Å². The second-order valence-corrected chi connectivity index (χ2v) is 14.7. The van der Waals surface area contributed by atoms with Crippen LogP contribution < -0.4 is 20.3 Å². The number of carbonyl (C=O) groups is 2. The van der Waals surface area contributed by atoms with Gasteiger partial charge in [-0.05, 0) is 88.9 Å². The second-order valence-electron chi connectivity index (χ2n) is 11.9. The molecule has 2 fully saturated rings. The van der Waals surface area contributed by atoms with Crippen LogP contribution in [0, 0.1) is 12.8 Å². The van der Waals surface area contributed by atoms with E-state index in [2.05, 4.69) is 20.3 Å². The third kappa shape index (κ3) is 5.30. The van der Waals surface area contributed by atoms with Crippen molar-refractivity contribution in [1.29, 1.82) is 0 Å². The largest absolute Gasteiger partial charge is 0.331 e. The summed E-state index contributed by atoms with van der Waals surface area (Å²) >= 11 is 1.38. The topological polar surface area (TPSA) is 137 Å². The van der Waals surface area contributed by atoms with Crippen LogP contribution in [-0.4, -0.2) is 66.8 Å². The molecule has 0 unspecified atom stereocenters. The van der Waals surface area contributed by atoms with E-state index < -0.39 is 10.0 Å². The number of aryl methyl sites for hydroxylation is 1. The first-order valence-corrected chi connectivity index (χ1v) is 16.4. The number of fused-ring (bicyclic) bond motifs is 1. The predicted molar refractivity (Wildman–Crippen MR) is 163 cm³/mol. The maximum atomic E-state index is 13.5. The molecule has 42 heavy (non-hydrogen) atoms. The van der Waals surface area contributed by atoms with E-state index in [0.717, 1.165) is 23.4 Å². The molecule has 1 saturated heterocycles. The molecule has 1 aromatic carbocycles. The third-order valence-electron chi connectivity index (χ3n) is 8.23. The van der Waals surface area contributed by atoms with Crippen molar-refractivity contribution in [2.75, 3.05) is 30.4 Å². The van der Waals surface area contributed by atoms with E-state index in [1.807, 2.05) is 52.0 Å². The Kier molecular flexibility index (Phi) is 7.11. The molecule has 11 nitrogen and oxygen atoms in total. The maximum Gasteiger partial charge on any atom is 0.256 e. The summed E-state index contributed by atoms with van der Waals surface area (Å²) in [5, 5.41) is 7.07. The molecule has 222 valence electrons. The highest BCUT2D eigenvalue weighted by molar-refractivity contribution is 7.89. The van der Waals surface area contributed by atoms with E-state index in [9.17, 15) is 18.0 Å². The molecule has 13 heteroatoms. The summed E-state index contributed by atoms with van der Waals surface area (Å²) in [5.74, 6) is 1.29. The maximum absolute atomic E-state index is 13.5. The summed E-state index contributed by atoms with van der Waals surface area (Å²) in [4.78, 5) is 39.7. The molecule has 0 bridgehead atoms. The first kappa shape index (κ1) is 28.7. The van der Waals surface area contributed by atoms with Gasteiger partial charge in [-0.3, -0.25) is 14.5 Å². The number of thiazole rings is 1. The smallest absolute Gasteiger partial charge is 0.256 e. The highest BCUT2D eigenvalue weighted by atomic mass is 32.2. The average Bonchev–Trinajstić information content (AvgIpc) is 3.67. The molecule has 1 aliphatic carbocycles. The molecule has 1 atom stereocenters. The van der Waals surface area contributed by atoms with Crippen molar-refractivity contribution < 1.29 is 18.0 Å². The van der Waals surface area contributed by atoms with Gasteiger partial charge in [0, 0.05) is 24.7 Å². The number of aromatic nitrogens is 2. The van der Waals surface area contributed by atoms with Gasteiger partial charge in [0.1, 0.15) is 11.6 Å². The number of sulfonamides is 1. The van der Waals surface area contributed by atoms with Crippen LogP contribution in [0.4, 0.5) is 16.8 Å². The molecule has 3 aliphatic rings. The lowest BCUT2D eigenvalue weighted by Crippen LogP contribution is -2.60. The minimum Gasteiger partial charge on any atom is -0.331 e. The van der Waals surface area contributed by atoms with Crippen LogP contribution >= 0.6 is 11.3 Å². The summed E-state index contributed by atoms with van der Waals surface area (Å²) < 4.78 is 28.6. The Balaban J connectivity index is 1.32. The minimum absolute atomic E-state index is 0.00622. The number of hydrogen-bond donors (Lipinski definition) is 3. The Morgan fingerprint density at radius 2 is 1.93 bits per heavy atom. The fourth-order valence-electron chi connectivity index (χ4n) is 5.68. The van der Waals surface area contributed by atoms with Crippen molar-refractivity contribution in [1.82, 2.24) is 24.9 Å². The van der Waals surface area contributed by atoms with E-state index in [1.54, 1.807) is 15.9 Å². The van der Waals surface area contributed by atoms with Crippen LogP contribution in [-0.2, 0) is 21.4 Å². The van der Waals surface area contributed by atoms with Gasteiger partial charge in [-0.1, -0.05) is 17.4 Å². The van der Waals surface area contributed by atoms with E-state index in [4.69, 9.17) is 4.98 Å². The van der Waals surface area contributed by atoms with E-state index in [-0.39, 0.29) is 40.4 Å². The van der Waals surface area contributed by atoms with Crippen LogP contribution in [0.15, 0.2) is 35.2 Å². The Labute approximate surface area is 249 Å². The summed E-state index contributed by atoms with van der Waals surface area (Å²) in [7, 11) is -2.54. The molecular formula is C29H35N7O4S2. The Morgan fingerprint density at radius 3 is 2.64 bits per heavy atom. The molecule has 3 aromatic rings. The molecule has 1 saturated carbocycles. The number of hydrogen-bond acceptors (Lipinski definition) is 9. The predicted octanol–water partition coefficient (Wildman–Crippen LogP) is 3.63. The molecule has 6 rings (SSSR count). The number of carbonyl (C=O) groups excluding carboxylic acids is 2. The van der Waals surface area contributed by atoms with Gasteiger partial charge in [-0.2, -0.15) is 0 Å². The van der Waals surface area contributed by atoms with Crippen LogP contribution in [0.5, 0.6) is 0 Å². The zero-order valence-electron chi connectivity index (χ0n) is 24.3. The van der Waals surface area contributed by atoms with Crippen molar-refractivity contribution in [3.8, 4) is 10.4 Å². The SMILES string of the molecule is CNS(=O)(=O)c1cc(-c2sc(Nc3cccc(N4CC(C)(C)NCC4=O)n3)nc2C)cc2c1C(=O)N([C@@H](C)C1CC1)C2. The van der Waals surface area contributed by atoms with Crippen molar-refractivity contribution in [2.45, 2.75) is 63.6 Å². The van der Waals surface area contributed by atoms with Crippen LogP contribution in [0.25, 0.3) is 10.4 Å². The number of piperazine rings is 1. The minimum atomic E-state index is -3.90. The van der Waals surface area contributed by atoms with E-state index in [0.29, 0.717) is 46.9 Å². The third-order valence-corrected chi connectivity index (χ3v) is 10.8. The van der Waals surface area contributed by atoms with Crippen molar-refractivity contribution in [3.05, 3.63) is 47.2 Å². The number of rotatable bonds is 8. The summed E-state index contributed by atoms with van der Waals surface area (Å²) in [6.45, 7) is 9.13. The van der Waals surface area contributed by atoms with Gasteiger partial charge in [-0.15, -0.1) is 0 Å². The number of amides is 2. The number of pyridine rings is 1. The van der Waals surface area contributed by atoms with Gasteiger partial charge in [-0.25, -0.2) is 23.1 Å². The number of benzene rings is 1. The van der Waals surface area contributed by atoms with Crippen LogP contribution in [0.2, 0.25) is 0 Å². The zero-order valence-corrected chi connectivity index (χ0v) is 25.9. The van der Waals surface area contributed by atoms with Gasteiger partial charge < -0.3 is 15.5 Å². The lowest BCUT2D eigenvalue weighted by Gasteiger charge is -2.38. The van der Waals surface area contributed by atoms with Crippen molar-refractivity contribution in [2.24, 2.45) is 5.92 Å². The first-order valence-electron chi connectivity index (χ1n) is 14.1. The summed E-state index contributed by atoms with van der Waals surface area (Å²) in [6.07, 6.45) is 2.18. The molecule has 0 radical (unpaired) electrons. The van der Waals surface area contributed by atoms with Crippen molar-refractivity contribution >= 4 is 49.9 Å². The molecule has 2 amide bonds. The fourth-order valence-corrected chi connectivity index (χ4v) is 7.63. The van der Waals surface area contributed by atoms with E-state index in [1.165, 1.54) is 18.4 Å². The average molecular weight is 610 g/mol. The molecule has 4 heterocycles. The van der Waals surface area contributed by atoms with Gasteiger partial charge in [0.15, 0.2) is 5.13 Å². The van der Waals surface area contributed by atoms with Gasteiger partial charge in [0.25, 0.3) is 5.91 Å². The number of nitrogens with zero attached hydrogens (tertiary/aromatic N) is 4. The quantitative estimate of drug-likeness (QED) is 0.352. The zero-order chi connectivity index (χ0) is 30.0. The first-order chi connectivity index (χ1) is 19.9. The Bertz CT molecular complexity index is 1700. The normalized spacial score (nSPS) is 19.3. The summed E-state index contributed by atoms with van der Waals surface area (Å²) in [5.41, 5.74) is 2.15. The Hall–Kier alpha value is -3.39. The van der Waals surface area contributed by atoms with Crippen LogP contribution in [0.1, 0.15) is 55.2 Å². The molecule has 3 N–H and O–H groups in total.